The molecule has 1 atom stereocenters. The molecule has 3 heteroatoms. The number of halogens is 1. The Labute approximate surface area is 93.6 Å². The average molecular weight is 258 g/mol. The molecule has 0 heterocycles. The van der Waals surface area contributed by atoms with Crippen molar-refractivity contribution in [2.24, 2.45) is 5.73 Å². The van der Waals surface area contributed by atoms with E-state index in [2.05, 4.69) is 22.9 Å². The maximum absolute atomic E-state index is 5.76. The highest BCUT2D eigenvalue weighted by Gasteiger charge is 2.08. The molecule has 0 spiro atoms. The van der Waals surface area contributed by atoms with Crippen LogP contribution in [-0.4, -0.2) is 12.6 Å². The first-order chi connectivity index (χ1) is 6.77. The molecule has 0 radical (unpaired) electrons. The maximum Gasteiger partial charge on any atom is 0.133 e. The summed E-state index contributed by atoms with van der Waals surface area (Å²) in [7, 11) is 0. The van der Waals surface area contributed by atoms with E-state index in [0.29, 0.717) is 6.54 Å². The van der Waals surface area contributed by atoms with Crippen molar-refractivity contribution in [2.75, 3.05) is 6.54 Å². The van der Waals surface area contributed by atoms with Gasteiger partial charge in [0.25, 0.3) is 0 Å². The smallest absolute Gasteiger partial charge is 0.133 e. The zero-order chi connectivity index (χ0) is 10.4. The molecule has 1 aromatic carbocycles. The van der Waals surface area contributed by atoms with Gasteiger partial charge in [0.15, 0.2) is 0 Å². The first-order valence-corrected chi connectivity index (χ1v) is 5.68. The van der Waals surface area contributed by atoms with Gasteiger partial charge in [0.2, 0.25) is 0 Å². The molecule has 0 aliphatic rings. The van der Waals surface area contributed by atoms with Crippen molar-refractivity contribution in [3.05, 3.63) is 28.7 Å². The summed E-state index contributed by atoms with van der Waals surface area (Å²) >= 11 is 3.44. The summed E-state index contributed by atoms with van der Waals surface area (Å²) < 4.78 is 6.74. The fourth-order valence-electron chi connectivity index (χ4n) is 1.27. The summed E-state index contributed by atoms with van der Waals surface area (Å²) in [4.78, 5) is 0. The second-order valence-electron chi connectivity index (χ2n) is 3.19. The van der Waals surface area contributed by atoms with E-state index < -0.39 is 0 Å². The van der Waals surface area contributed by atoms with E-state index in [9.17, 15) is 0 Å². The number of hydrogen-bond acceptors (Lipinski definition) is 2. The van der Waals surface area contributed by atoms with E-state index in [4.69, 9.17) is 10.5 Å². The number of hydrogen-bond donors (Lipinski definition) is 1. The molecule has 0 aromatic heterocycles. The van der Waals surface area contributed by atoms with Crippen molar-refractivity contribution in [2.45, 2.75) is 25.9 Å². The summed E-state index contributed by atoms with van der Waals surface area (Å²) in [6.45, 7) is 2.70. The molecule has 78 valence electrons. The zero-order valence-electron chi connectivity index (χ0n) is 8.37. The summed E-state index contributed by atoms with van der Waals surface area (Å²) in [5.74, 6) is 0.872. The average Bonchev–Trinajstić information content (AvgIpc) is 2.20. The fourth-order valence-corrected chi connectivity index (χ4v) is 1.64. The van der Waals surface area contributed by atoms with Gasteiger partial charge >= 0.3 is 0 Å². The van der Waals surface area contributed by atoms with Crippen molar-refractivity contribution in [3.8, 4) is 5.75 Å². The molecule has 1 rings (SSSR count). The standard InChI is InChI=1S/C11H16BrNO/c1-2-5-9(8-13)14-11-7-4-3-6-10(11)12/h3-4,6-7,9H,2,5,8,13H2,1H3. The van der Waals surface area contributed by atoms with Gasteiger partial charge in [-0.25, -0.2) is 0 Å². The van der Waals surface area contributed by atoms with Crippen LogP contribution in [0, 0.1) is 0 Å². The minimum Gasteiger partial charge on any atom is -0.488 e. The van der Waals surface area contributed by atoms with Gasteiger partial charge in [-0.05, 0) is 34.5 Å². The van der Waals surface area contributed by atoms with Crippen molar-refractivity contribution < 1.29 is 4.74 Å². The Bertz CT molecular complexity index is 278. The lowest BCUT2D eigenvalue weighted by Crippen LogP contribution is -2.26. The van der Waals surface area contributed by atoms with Crippen LogP contribution < -0.4 is 10.5 Å². The van der Waals surface area contributed by atoms with Crippen LogP contribution in [0.3, 0.4) is 0 Å². The Morgan fingerprint density at radius 3 is 2.71 bits per heavy atom. The van der Waals surface area contributed by atoms with Crippen LogP contribution in [0.15, 0.2) is 28.7 Å². The highest BCUT2D eigenvalue weighted by molar-refractivity contribution is 9.10. The van der Waals surface area contributed by atoms with Gasteiger partial charge in [0, 0.05) is 6.54 Å². The third-order valence-electron chi connectivity index (χ3n) is 2.00. The quantitative estimate of drug-likeness (QED) is 0.881. The normalized spacial score (nSPS) is 12.5. The molecular weight excluding hydrogens is 242 g/mol. The largest absolute Gasteiger partial charge is 0.488 e. The Kier molecular flexibility index (Phi) is 4.98. The molecule has 2 nitrogen and oxygen atoms in total. The van der Waals surface area contributed by atoms with E-state index in [1.807, 2.05) is 24.3 Å². The molecular formula is C11H16BrNO. The molecule has 0 amide bonds. The van der Waals surface area contributed by atoms with Gasteiger partial charge in [0.05, 0.1) is 4.47 Å². The van der Waals surface area contributed by atoms with Gasteiger partial charge in [-0.3, -0.25) is 0 Å². The summed E-state index contributed by atoms with van der Waals surface area (Å²) in [6.07, 6.45) is 2.21. The minimum absolute atomic E-state index is 0.124. The van der Waals surface area contributed by atoms with Crippen LogP contribution >= 0.6 is 15.9 Å². The molecule has 0 saturated carbocycles. The monoisotopic (exact) mass is 257 g/mol. The Morgan fingerprint density at radius 1 is 1.43 bits per heavy atom. The first-order valence-electron chi connectivity index (χ1n) is 4.89. The van der Waals surface area contributed by atoms with Crippen LogP contribution in [-0.2, 0) is 0 Å². The van der Waals surface area contributed by atoms with Crippen molar-refractivity contribution in [1.29, 1.82) is 0 Å². The van der Waals surface area contributed by atoms with Gasteiger partial charge in [0.1, 0.15) is 11.9 Å². The van der Waals surface area contributed by atoms with Gasteiger partial charge in [-0.15, -0.1) is 0 Å². The minimum atomic E-state index is 0.124. The number of nitrogens with two attached hydrogens (primary N) is 1. The number of rotatable bonds is 5. The molecule has 0 aliphatic carbocycles. The van der Waals surface area contributed by atoms with E-state index >= 15 is 0 Å². The fraction of sp³-hybridized carbons (Fsp3) is 0.455. The molecule has 0 aliphatic heterocycles. The first kappa shape index (κ1) is 11.5. The van der Waals surface area contributed by atoms with E-state index in [0.717, 1.165) is 23.1 Å². The van der Waals surface area contributed by atoms with Crippen LogP contribution in [0.2, 0.25) is 0 Å². The van der Waals surface area contributed by atoms with Gasteiger partial charge in [-0.2, -0.15) is 0 Å². The van der Waals surface area contributed by atoms with Crippen molar-refractivity contribution in [3.63, 3.8) is 0 Å². The lowest BCUT2D eigenvalue weighted by atomic mass is 10.2. The highest BCUT2D eigenvalue weighted by Crippen LogP contribution is 2.25. The second-order valence-corrected chi connectivity index (χ2v) is 4.05. The highest BCUT2D eigenvalue weighted by atomic mass is 79.9. The van der Waals surface area contributed by atoms with E-state index in [1.54, 1.807) is 0 Å². The van der Waals surface area contributed by atoms with Crippen molar-refractivity contribution >= 4 is 15.9 Å². The van der Waals surface area contributed by atoms with Crippen LogP contribution in [0.25, 0.3) is 0 Å². The molecule has 2 N–H and O–H groups in total. The second kappa shape index (κ2) is 6.04. The number of ether oxygens (including phenoxy) is 1. The van der Waals surface area contributed by atoms with E-state index in [-0.39, 0.29) is 6.10 Å². The molecule has 14 heavy (non-hydrogen) atoms. The van der Waals surface area contributed by atoms with Crippen LogP contribution in [0.5, 0.6) is 5.75 Å². The molecule has 0 saturated heterocycles. The Hall–Kier alpha value is -0.540. The third kappa shape index (κ3) is 3.31. The SMILES string of the molecule is CCCC(CN)Oc1ccccc1Br. The summed E-state index contributed by atoms with van der Waals surface area (Å²) in [6, 6.07) is 7.84. The third-order valence-corrected chi connectivity index (χ3v) is 2.66. The number of benzene rings is 1. The van der Waals surface area contributed by atoms with E-state index in [1.165, 1.54) is 0 Å². The molecule has 1 aromatic rings. The van der Waals surface area contributed by atoms with Gasteiger partial charge < -0.3 is 10.5 Å². The van der Waals surface area contributed by atoms with Crippen LogP contribution in [0.1, 0.15) is 19.8 Å². The number of para-hydroxylation sites is 1. The lowest BCUT2D eigenvalue weighted by Gasteiger charge is -2.17. The Balaban J connectivity index is 2.62. The van der Waals surface area contributed by atoms with Crippen molar-refractivity contribution in [1.82, 2.24) is 0 Å². The maximum atomic E-state index is 5.76. The zero-order valence-corrected chi connectivity index (χ0v) is 9.96. The topological polar surface area (TPSA) is 35.2 Å². The van der Waals surface area contributed by atoms with Gasteiger partial charge in [-0.1, -0.05) is 25.5 Å². The Morgan fingerprint density at radius 2 is 2.14 bits per heavy atom. The predicted octanol–water partition coefficient (Wildman–Crippen LogP) is 2.96. The summed E-state index contributed by atoms with van der Waals surface area (Å²) in [5, 5.41) is 0. The van der Waals surface area contributed by atoms with Crippen LogP contribution in [0.4, 0.5) is 0 Å². The molecule has 0 fully saturated rings. The predicted molar refractivity (Wildman–Crippen MR) is 62.5 cm³/mol. The summed E-state index contributed by atoms with van der Waals surface area (Å²) in [5.41, 5.74) is 5.62. The lowest BCUT2D eigenvalue weighted by molar-refractivity contribution is 0.197. The molecule has 1 unspecified atom stereocenters. The molecule has 0 bridgehead atoms.